The summed E-state index contributed by atoms with van der Waals surface area (Å²) in [6, 6.07) is 9.59. The summed E-state index contributed by atoms with van der Waals surface area (Å²) >= 11 is 6.47. The predicted octanol–water partition coefficient (Wildman–Crippen LogP) is 4.54. The number of fused-ring (bicyclic) bond motifs is 1. The number of carbonyl (C=O) groups is 3. The van der Waals surface area contributed by atoms with Gasteiger partial charge in [-0.05, 0) is 91.1 Å². The zero-order valence-corrected chi connectivity index (χ0v) is 21.4. The van der Waals surface area contributed by atoms with Crippen LogP contribution in [0.3, 0.4) is 0 Å². The highest BCUT2D eigenvalue weighted by atomic mass is 79.9. The van der Waals surface area contributed by atoms with Crippen molar-refractivity contribution in [2.75, 3.05) is 13.1 Å². The predicted molar refractivity (Wildman–Crippen MR) is 135 cm³/mol. The Labute approximate surface area is 214 Å². The number of benzene rings is 2. The number of carboxylic acids is 1. The van der Waals surface area contributed by atoms with Gasteiger partial charge in [0, 0.05) is 25.9 Å². The number of amides is 2. The molecule has 7 nitrogen and oxygen atoms in total. The molecule has 0 bridgehead atoms. The van der Waals surface area contributed by atoms with Crippen LogP contribution in [0.25, 0.3) is 6.08 Å². The Balaban J connectivity index is 1.37. The van der Waals surface area contributed by atoms with Crippen LogP contribution in [0.5, 0.6) is 5.75 Å². The van der Waals surface area contributed by atoms with Gasteiger partial charge in [-0.15, -0.1) is 0 Å². The monoisotopic (exact) mass is 590 g/mol. The van der Waals surface area contributed by atoms with Crippen molar-refractivity contribution in [1.82, 2.24) is 10.2 Å². The Morgan fingerprint density at radius 2 is 1.76 bits per heavy atom. The number of allylic oxidation sites excluding steroid dienone is 1. The highest BCUT2D eigenvalue weighted by Gasteiger charge is 2.31. The maximum atomic E-state index is 12.8. The van der Waals surface area contributed by atoms with E-state index in [0.717, 1.165) is 16.7 Å². The Hall–Kier alpha value is -2.65. The fraction of sp³-hybridized carbons (Fsp3) is 0.320. The lowest BCUT2D eigenvalue weighted by atomic mass is 9.80. The first-order valence-electron chi connectivity index (χ1n) is 11.0. The SMILES string of the molecule is O=C1Cc2ccccc2C=C1C1CCN(C(=O)N[C@H](Cc2cc(Br)c(O)c(Br)c2)C(=O)O)CC1. The second-order valence-electron chi connectivity index (χ2n) is 8.61. The van der Waals surface area contributed by atoms with Crippen LogP contribution in [0, 0.1) is 5.92 Å². The number of ketones is 1. The van der Waals surface area contributed by atoms with E-state index < -0.39 is 18.0 Å². The fourth-order valence-corrected chi connectivity index (χ4v) is 5.79. The number of aliphatic carboxylic acids is 1. The van der Waals surface area contributed by atoms with Crippen molar-refractivity contribution in [2.24, 2.45) is 5.92 Å². The number of phenolic OH excluding ortho intramolecular Hbond substituents is 1. The number of nitrogens with one attached hydrogen (secondary N) is 1. The zero-order valence-electron chi connectivity index (χ0n) is 18.3. The lowest BCUT2D eigenvalue weighted by molar-refractivity contribution is -0.139. The molecule has 2 aromatic rings. The second-order valence-corrected chi connectivity index (χ2v) is 10.3. The first-order valence-corrected chi connectivity index (χ1v) is 12.6. The van der Waals surface area contributed by atoms with E-state index in [4.69, 9.17) is 0 Å². The van der Waals surface area contributed by atoms with E-state index in [2.05, 4.69) is 37.2 Å². The summed E-state index contributed by atoms with van der Waals surface area (Å²) < 4.78 is 0.868. The van der Waals surface area contributed by atoms with Crippen molar-refractivity contribution >= 4 is 55.7 Å². The molecule has 34 heavy (non-hydrogen) atoms. The molecule has 2 aromatic carbocycles. The van der Waals surface area contributed by atoms with Gasteiger partial charge in [0.05, 0.1) is 8.95 Å². The minimum absolute atomic E-state index is 0.0255. The molecule has 1 heterocycles. The number of rotatable bonds is 5. The highest BCUT2D eigenvalue weighted by Crippen LogP contribution is 2.34. The number of urea groups is 1. The van der Waals surface area contributed by atoms with Crippen LogP contribution in [0.4, 0.5) is 4.79 Å². The van der Waals surface area contributed by atoms with Crippen molar-refractivity contribution in [3.8, 4) is 5.75 Å². The third-order valence-electron chi connectivity index (χ3n) is 6.37. The van der Waals surface area contributed by atoms with Crippen molar-refractivity contribution < 1.29 is 24.6 Å². The van der Waals surface area contributed by atoms with Gasteiger partial charge in [0.1, 0.15) is 11.8 Å². The number of halogens is 2. The van der Waals surface area contributed by atoms with Gasteiger partial charge in [0.25, 0.3) is 0 Å². The molecule has 0 aromatic heterocycles. The molecule has 1 fully saturated rings. The Morgan fingerprint density at radius 1 is 1.12 bits per heavy atom. The number of likely N-dealkylation sites (tertiary alicyclic amines) is 1. The van der Waals surface area contributed by atoms with Gasteiger partial charge in [0.15, 0.2) is 5.78 Å². The quantitative estimate of drug-likeness (QED) is 0.473. The minimum atomic E-state index is -1.14. The van der Waals surface area contributed by atoms with Crippen LogP contribution in [0.2, 0.25) is 0 Å². The molecule has 2 aliphatic rings. The van der Waals surface area contributed by atoms with Crippen molar-refractivity contribution in [2.45, 2.75) is 31.7 Å². The molecule has 1 atom stereocenters. The van der Waals surface area contributed by atoms with Crippen LogP contribution >= 0.6 is 31.9 Å². The molecule has 0 radical (unpaired) electrons. The third kappa shape index (κ3) is 5.36. The Bertz CT molecular complexity index is 1150. The smallest absolute Gasteiger partial charge is 0.326 e. The van der Waals surface area contributed by atoms with E-state index in [-0.39, 0.29) is 23.9 Å². The zero-order chi connectivity index (χ0) is 24.4. The van der Waals surface area contributed by atoms with Crippen molar-refractivity contribution in [3.63, 3.8) is 0 Å². The largest absolute Gasteiger partial charge is 0.506 e. The van der Waals surface area contributed by atoms with E-state index in [1.807, 2.05) is 30.3 Å². The number of aromatic hydroxyl groups is 1. The van der Waals surface area contributed by atoms with Gasteiger partial charge < -0.3 is 20.4 Å². The number of phenols is 1. The molecular formula is C25H24Br2N2O5. The standard InChI is InChI=1S/C25H24Br2N2O5/c26-19-9-14(10-20(27)23(19)31)11-21(24(32)33)28-25(34)29-7-5-15(6-8-29)18-12-16-3-1-2-4-17(16)13-22(18)30/h1-4,9-10,12,15,21,31H,5-8,11,13H2,(H,28,34)(H,32,33)/t21-/m1/s1. The van der Waals surface area contributed by atoms with E-state index in [1.54, 1.807) is 17.0 Å². The van der Waals surface area contributed by atoms with E-state index in [9.17, 15) is 24.6 Å². The summed E-state index contributed by atoms with van der Waals surface area (Å²) in [5.41, 5.74) is 3.59. The molecule has 178 valence electrons. The highest BCUT2D eigenvalue weighted by molar-refractivity contribution is 9.11. The number of Topliss-reactive ketones (excluding diaryl/α,β-unsaturated/α-hetero) is 1. The average Bonchev–Trinajstić information content (AvgIpc) is 2.81. The number of carbonyl (C=O) groups excluding carboxylic acids is 2. The summed E-state index contributed by atoms with van der Waals surface area (Å²) in [5, 5.41) is 22.1. The first kappa shape index (κ1) is 24.5. The number of nitrogens with zero attached hydrogens (tertiary/aromatic N) is 1. The molecule has 0 spiro atoms. The molecule has 2 amide bonds. The molecule has 4 rings (SSSR count). The summed E-state index contributed by atoms with van der Waals surface area (Å²) in [7, 11) is 0. The fourth-order valence-electron chi connectivity index (χ4n) is 4.51. The van der Waals surface area contributed by atoms with Gasteiger partial charge in [-0.1, -0.05) is 24.3 Å². The number of hydrogen-bond donors (Lipinski definition) is 3. The molecule has 3 N–H and O–H groups in total. The molecule has 1 saturated heterocycles. The van der Waals surface area contributed by atoms with Gasteiger partial charge >= 0.3 is 12.0 Å². The van der Waals surface area contributed by atoms with Crippen LogP contribution < -0.4 is 5.32 Å². The van der Waals surface area contributed by atoms with Gasteiger partial charge in [0.2, 0.25) is 0 Å². The summed E-state index contributed by atoms with van der Waals surface area (Å²) in [6.07, 6.45) is 3.77. The van der Waals surface area contributed by atoms with Crippen LogP contribution in [0.15, 0.2) is 50.9 Å². The van der Waals surface area contributed by atoms with E-state index in [0.29, 0.717) is 46.9 Å². The lowest BCUT2D eigenvalue weighted by Crippen LogP contribution is -2.51. The molecule has 1 aliphatic carbocycles. The van der Waals surface area contributed by atoms with Crippen molar-refractivity contribution in [1.29, 1.82) is 0 Å². The van der Waals surface area contributed by atoms with Crippen LogP contribution in [-0.4, -0.2) is 52.0 Å². The minimum Gasteiger partial charge on any atom is -0.506 e. The topological polar surface area (TPSA) is 107 Å². The van der Waals surface area contributed by atoms with E-state index in [1.165, 1.54) is 0 Å². The lowest BCUT2D eigenvalue weighted by Gasteiger charge is -2.34. The first-order chi connectivity index (χ1) is 16.2. The maximum Gasteiger partial charge on any atom is 0.326 e. The second kappa shape index (κ2) is 10.3. The van der Waals surface area contributed by atoms with Crippen molar-refractivity contribution in [3.05, 3.63) is 67.6 Å². The molecule has 0 saturated carbocycles. The third-order valence-corrected chi connectivity index (χ3v) is 7.58. The van der Waals surface area contributed by atoms with Crippen LogP contribution in [-0.2, 0) is 22.4 Å². The maximum absolute atomic E-state index is 12.8. The molecular weight excluding hydrogens is 568 g/mol. The number of hydrogen-bond acceptors (Lipinski definition) is 4. The summed E-state index contributed by atoms with van der Waals surface area (Å²) in [6.45, 7) is 0.900. The normalized spacial score (nSPS) is 17.1. The molecule has 1 aliphatic heterocycles. The van der Waals surface area contributed by atoms with Gasteiger partial charge in [-0.25, -0.2) is 9.59 Å². The van der Waals surface area contributed by atoms with E-state index >= 15 is 0 Å². The summed E-state index contributed by atoms with van der Waals surface area (Å²) in [5.74, 6) is -0.886. The Kier molecular flexibility index (Phi) is 7.42. The van der Waals surface area contributed by atoms with Crippen LogP contribution in [0.1, 0.15) is 29.5 Å². The van der Waals surface area contributed by atoms with Gasteiger partial charge in [-0.3, -0.25) is 4.79 Å². The molecule has 0 unspecified atom stereocenters. The summed E-state index contributed by atoms with van der Waals surface area (Å²) in [4.78, 5) is 38.9. The average molecular weight is 592 g/mol. The number of piperidine rings is 1. The Morgan fingerprint density at radius 3 is 2.41 bits per heavy atom. The number of carboxylic acid groups (broad SMARTS) is 1. The molecule has 9 heteroatoms. The van der Waals surface area contributed by atoms with Gasteiger partial charge in [-0.2, -0.15) is 0 Å².